The van der Waals surface area contributed by atoms with Gasteiger partial charge in [-0.3, -0.25) is 4.79 Å². The molecule has 0 aromatic heterocycles. The first-order valence-corrected chi connectivity index (χ1v) is 8.00. The van der Waals surface area contributed by atoms with Gasteiger partial charge in [0.15, 0.2) is 17.8 Å². The van der Waals surface area contributed by atoms with Crippen LogP contribution in [0.15, 0.2) is 66.7 Å². The van der Waals surface area contributed by atoms with Gasteiger partial charge in [-0.15, -0.1) is 0 Å². The molecule has 3 aromatic carbocycles. The molecule has 0 atom stereocenters. The molecule has 25 heavy (non-hydrogen) atoms. The first-order chi connectivity index (χ1) is 12.3. The van der Waals surface area contributed by atoms with Crippen molar-refractivity contribution < 1.29 is 19.0 Å². The summed E-state index contributed by atoms with van der Waals surface area (Å²) in [6.07, 6.45) is 0.825. The van der Waals surface area contributed by atoms with Crippen molar-refractivity contribution >= 4 is 6.29 Å². The highest BCUT2D eigenvalue weighted by atomic mass is 16.7. The zero-order valence-electron chi connectivity index (χ0n) is 13.5. The molecule has 1 heterocycles. The molecule has 0 spiro atoms. The summed E-state index contributed by atoms with van der Waals surface area (Å²) in [5.41, 5.74) is 3.24. The fourth-order valence-corrected chi connectivity index (χ4v) is 2.84. The molecule has 1 aliphatic rings. The Morgan fingerprint density at radius 3 is 2.40 bits per heavy atom. The monoisotopic (exact) mass is 332 g/mol. The minimum absolute atomic E-state index is 0.170. The lowest BCUT2D eigenvalue weighted by Crippen LogP contribution is -1.98. The van der Waals surface area contributed by atoms with E-state index < -0.39 is 0 Å². The second kappa shape index (κ2) is 6.69. The number of benzene rings is 3. The van der Waals surface area contributed by atoms with Crippen molar-refractivity contribution in [2.24, 2.45) is 0 Å². The molecule has 0 saturated carbocycles. The van der Waals surface area contributed by atoms with E-state index in [-0.39, 0.29) is 6.79 Å². The van der Waals surface area contributed by atoms with E-state index in [0.717, 1.165) is 23.0 Å². The maximum Gasteiger partial charge on any atom is 0.231 e. The minimum Gasteiger partial charge on any atom is -0.488 e. The predicted molar refractivity (Wildman–Crippen MR) is 94.2 cm³/mol. The van der Waals surface area contributed by atoms with Gasteiger partial charge in [0.1, 0.15) is 12.4 Å². The Bertz CT molecular complexity index is 903. The molecule has 0 bridgehead atoms. The lowest BCUT2D eigenvalue weighted by atomic mass is 9.98. The predicted octanol–water partition coefficient (Wildman–Crippen LogP) is 4.47. The fourth-order valence-electron chi connectivity index (χ4n) is 2.84. The molecule has 0 N–H and O–H groups in total. The van der Waals surface area contributed by atoms with E-state index in [1.807, 2.05) is 60.7 Å². The Kier molecular flexibility index (Phi) is 4.09. The van der Waals surface area contributed by atoms with Crippen molar-refractivity contribution in [2.75, 3.05) is 6.79 Å². The smallest absolute Gasteiger partial charge is 0.231 e. The van der Waals surface area contributed by atoms with Crippen molar-refractivity contribution in [3.63, 3.8) is 0 Å². The maximum atomic E-state index is 11.6. The van der Waals surface area contributed by atoms with E-state index in [9.17, 15) is 4.79 Å². The van der Waals surface area contributed by atoms with Crippen molar-refractivity contribution in [1.29, 1.82) is 0 Å². The summed E-state index contributed by atoms with van der Waals surface area (Å²) in [7, 11) is 0. The number of aldehydes is 1. The Morgan fingerprint density at radius 2 is 1.60 bits per heavy atom. The molecule has 4 rings (SSSR count). The largest absolute Gasteiger partial charge is 0.488 e. The quantitative estimate of drug-likeness (QED) is 0.647. The molecule has 1 aliphatic heterocycles. The van der Waals surface area contributed by atoms with Gasteiger partial charge in [0.25, 0.3) is 0 Å². The number of hydrogen-bond donors (Lipinski definition) is 0. The van der Waals surface area contributed by atoms with Crippen LogP contribution in [-0.4, -0.2) is 13.1 Å². The standard InChI is InChI=1S/C21H16O4/c22-12-16-10-20-21(25-14-24-20)11-18(16)17-8-4-5-9-19(17)23-13-15-6-2-1-3-7-15/h1-12H,13-14H2. The molecule has 0 saturated heterocycles. The van der Waals surface area contributed by atoms with Gasteiger partial charge in [-0.2, -0.15) is 0 Å². The summed E-state index contributed by atoms with van der Waals surface area (Å²) in [6.45, 7) is 0.627. The van der Waals surface area contributed by atoms with Gasteiger partial charge in [0.05, 0.1) is 0 Å². The molecule has 124 valence electrons. The van der Waals surface area contributed by atoms with Gasteiger partial charge >= 0.3 is 0 Å². The third kappa shape index (κ3) is 3.06. The minimum atomic E-state index is 0.170. The van der Waals surface area contributed by atoms with E-state index in [0.29, 0.717) is 29.4 Å². The van der Waals surface area contributed by atoms with Crippen LogP contribution < -0.4 is 14.2 Å². The Balaban J connectivity index is 1.70. The second-order valence-corrected chi connectivity index (χ2v) is 5.68. The van der Waals surface area contributed by atoms with Gasteiger partial charge in [0, 0.05) is 11.1 Å². The molecule has 0 unspecified atom stereocenters. The number of para-hydroxylation sites is 1. The summed E-state index contributed by atoms with van der Waals surface area (Å²) in [4.78, 5) is 11.6. The molecule has 4 heteroatoms. The highest BCUT2D eigenvalue weighted by Gasteiger charge is 2.19. The van der Waals surface area contributed by atoms with E-state index >= 15 is 0 Å². The topological polar surface area (TPSA) is 44.8 Å². The maximum absolute atomic E-state index is 11.6. The van der Waals surface area contributed by atoms with Crippen molar-refractivity contribution in [3.05, 3.63) is 77.9 Å². The van der Waals surface area contributed by atoms with Crippen LogP contribution in [-0.2, 0) is 6.61 Å². The lowest BCUT2D eigenvalue weighted by Gasteiger charge is -2.13. The van der Waals surface area contributed by atoms with Gasteiger partial charge in [-0.1, -0.05) is 48.5 Å². The average molecular weight is 332 g/mol. The summed E-state index contributed by atoms with van der Waals surface area (Å²) in [5.74, 6) is 1.94. The van der Waals surface area contributed by atoms with Crippen LogP contribution in [0.3, 0.4) is 0 Å². The number of hydrogen-bond acceptors (Lipinski definition) is 4. The highest BCUT2D eigenvalue weighted by Crippen LogP contribution is 2.41. The second-order valence-electron chi connectivity index (χ2n) is 5.68. The lowest BCUT2D eigenvalue weighted by molar-refractivity contribution is 0.112. The van der Waals surface area contributed by atoms with Crippen LogP contribution in [0.5, 0.6) is 17.2 Å². The Morgan fingerprint density at radius 1 is 0.880 bits per heavy atom. The number of ether oxygens (including phenoxy) is 3. The normalized spacial score (nSPS) is 12.0. The number of fused-ring (bicyclic) bond motifs is 1. The fraction of sp³-hybridized carbons (Fsp3) is 0.0952. The van der Waals surface area contributed by atoms with Gasteiger partial charge < -0.3 is 14.2 Å². The average Bonchev–Trinajstić information content (AvgIpc) is 3.14. The summed E-state index contributed by atoms with van der Waals surface area (Å²) < 4.78 is 16.8. The third-order valence-corrected chi connectivity index (χ3v) is 4.09. The van der Waals surface area contributed by atoms with Gasteiger partial charge in [-0.25, -0.2) is 0 Å². The van der Waals surface area contributed by atoms with Crippen LogP contribution in [0.4, 0.5) is 0 Å². The van der Waals surface area contributed by atoms with Gasteiger partial charge in [0.2, 0.25) is 6.79 Å². The van der Waals surface area contributed by atoms with Crippen molar-refractivity contribution in [2.45, 2.75) is 6.61 Å². The SMILES string of the molecule is O=Cc1cc2c(cc1-c1ccccc1OCc1ccccc1)OCO2. The molecular weight excluding hydrogens is 316 g/mol. The van der Waals surface area contributed by atoms with Crippen molar-refractivity contribution in [3.8, 4) is 28.4 Å². The molecule has 0 fully saturated rings. The van der Waals surface area contributed by atoms with E-state index in [1.165, 1.54) is 0 Å². The molecule has 0 aliphatic carbocycles. The zero-order valence-corrected chi connectivity index (χ0v) is 13.5. The molecule has 0 radical (unpaired) electrons. The van der Waals surface area contributed by atoms with Crippen LogP contribution >= 0.6 is 0 Å². The zero-order chi connectivity index (χ0) is 17.1. The van der Waals surface area contributed by atoms with Crippen LogP contribution in [0.1, 0.15) is 15.9 Å². The van der Waals surface area contributed by atoms with Crippen LogP contribution in [0.25, 0.3) is 11.1 Å². The van der Waals surface area contributed by atoms with Gasteiger partial charge in [-0.05, 0) is 29.3 Å². The van der Waals surface area contributed by atoms with Crippen molar-refractivity contribution in [1.82, 2.24) is 0 Å². The van der Waals surface area contributed by atoms with E-state index in [2.05, 4.69) is 0 Å². The summed E-state index contributed by atoms with van der Waals surface area (Å²) in [6, 6.07) is 21.2. The highest BCUT2D eigenvalue weighted by molar-refractivity contribution is 5.91. The number of carbonyl (C=O) groups excluding carboxylic acids is 1. The first kappa shape index (κ1) is 15.3. The van der Waals surface area contributed by atoms with Crippen LogP contribution in [0.2, 0.25) is 0 Å². The molecular formula is C21H16O4. The van der Waals surface area contributed by atoms with E-state index in [1.54, 1.807) is 6.07 Å². The third-order valence-electron chi connectivity index (χ3n) is 4.09. The number of carbonyl (C=O) groups is 1. The summed E-state index contributed by atoms with van der Waals surface area (Å²) >= 11 is 0. The Labute approximate surface area is 145 Å². The molecule has 0 amide bonds. The Hall–Kier alpha value is -3.27. The first-order valence-electron chi connectivity index (χ1n) is 8.00. The molecule has 3 aromatic rings. The summed E-state index contributed by atoms with van der Waals surface area (Å²) in [5, 5.41) is 0. The van der Waals surface area contributed by atoms with Crippen LogP contribution in [0, 0.1) is 0 Å². The van der Waals surface area contributed by atoms with E-state index in [4.69, 9.17) is 14.2 Å². The molecule has 4 nitrogen and oxygen atoms in total. The number of rotatable bonds is 5.